The zero-order valence-corrected chi connectivity index (χ0v) is 5.44. The van der Waals surface area contributed by atoms with Gasteiger partial charge in [-0.1, -0.05) is 0 Å². The highest BCUT2D eigenvalue weighted by Gasteiger charge is 1.88. The van der Waals surface area contributed by atoms with Crippen molar-refractivity contribution in [2.24, 2.45) is 0 Å². The van der Waals surface area contributed by atoms with E-state index in [0.717, 1.165) is 0 Å². The highest BCUT2D eigenvalue weighted by atomic mass is 79.9. The summed E-state index contributed by atoms with van der Waals surface area (Å²) in [6.45, 7) is 0. The van der Waals surface area contributed by atoms with E-state index in [4.69, 9.17) is 0 Å². The number of hydrogen-bond acceptors (Lipinski definition) is 1. The van der Waals surface area contributed by atoms with Crippen LogP contribution in [-0.2, 0) is 0 Å². The Morgan fingerprint density at radius 3 is 2.75 bits per heavy atom. The summed E-state index contributed by atoms with van der Waals surface area (Å²) in [5.41, 5.74) is 0. The van der Waals surface area contributed by atoms with Gasteiger partial charge in [0, 0.05) is 6.07 Å². The molecular weight excluding hydrogens is 173 g/mol. The maximum Gasteiger partial charge on any atom is 0.214 e. The first-order valence-electron chi connectivity index (χ1n) is 1.98. The first-order valence-corrected chi connectivity index (χ1v) is 2.77. The van der Waals surface area contributed by atoms with Crippen molar-refractivity contribution in [2.45, 2.75) is 0 Å². The molecule has 1 rings (SSSR count). The Labute approximate surface area is 54.7 Å². The van der Waals surface area contributed by atoms with Crippen LogP contribution in [0, 0.1) is 12.0 Å². The summed E-state index contributed by atoms with van der Waals surface area (Å²) in [6.07, 6.45) is 0. The molecule has 41 valence electrons. The Bertz CT molecular complexity index is 172. The zero-order chi connectivity index (χ0) is 5.98. The molecule has 0 spiro atoms. The largest absolute Gasteiger partial charge is 0.214 e. The lowest BCUT2D eigenvalue weighted by molar-refractivity contribution is 0.580. The van der Waals surface area contributed by atoms with Crippen LogP contribution in [0.25, 0.3) is 0 Å². The molecule has 0 aliphatic heterocycles. The predicted octanol–water partition coefficient (Wildman–Crippen LogP) is 1.78. The van der Waals surface area contributed by atoms with Crippen LogP contribution in [0.5, 0.6) is 0 Å². The van der Waals surface area contributed by atoms with Crippen molar-refractivity contribution in [3.63, 3.8) is 0 Å². The highest BCUT2D eigenvalue weighted by Crippen LogP contribution is 2.03. The topological polar surface area (TPSA) is 12.9 Å². The van der Waals surface area contributed by atoms with Crippen molar-refractivity contribution in [3.05, 3.63) is 28.7 Å². The van der Waals surface area contributed by atoms with Crippen LogP contribution < -0.4 is 0 Å². The summed E-state index contributed by atoms with van der Waals surface area (Å²) in [7, 11) is 0. The Morgan fingerprint density at radius 2 is 2.38 bits per heavy atom. The third-order valence-corrected chi connectivity index (χ3v) is 1.02. The minimum Gasteiger partial charge on any atom is -0.213 e. The molecule has 3 heteroatoms. The third-order valence-electron chi connectivity index (χ3n) is 0.618. The number of halogens is 2. The molecular formula is C5H2BrFN. The van der Waals surface area contributed by atoms with Crippen LogP contribution in [-0.4, -0.2) is 4.98 Å². The molecule has 0 fully saturated rings. The molecule has 1 aromatic heterocycles. The molecule has 0 saturated carbocycles. The van der Waals surface area contributed by atoms with E-state index in [-0.39, 0.29) is 0 Å². The first kappa shape index (κ1) is 5.69. The van der Waals surface area contributed by atoms with Gasteiger partial charge in [0.15, 0.2) is 0 Å². The van der Waals surface area contributed by atoms with Crippen LogP contribution >= 0.6 is 15.9 Å². The monoisotopic (exact) mass is 174 g/mol. The summed E-state index contributed by atoms with van der Waals surface area (Å²) in [5, 5.41) is 0. The summed E-state index contributed by atoms with van der Waals surface area (Å²) in [5.74, 6) is -0.514. The second kappa shape index (κ2) is 2.22. The molecule has 0 aromatic carbocycles. The van der Waals surface area contributed by atoms with E-state index in [1.54, 1.807) is 6.07 Å². The van der Waals surface area contributed by atoms with Gasteiger partial charge in [-0.15, -0.1) is 0 Å². The highest BCUT2D eigenvalue weighted by molar-refractivity contribution is 9.10. The van der Waals surface area contributed by atoms with Gasteiger partial charge in [-0.05, 0) is 28.1 Å². The SMILES string of the molecule is Fc1c[c]cc(Br)n1. The minimum atomic E-state index is -0.514. The molecule has 1 radical (unpaired) electrons. The van der Waals surface area contributed by atoms with Gasteiger partial charge in [0.1, 0.15) is 4.60 Å². The van der Waals surface area contributed by atoms with Gasteiger partial charge in [-0.2, -0.15) is 4.39 Å². The summed E-state index contributed by atoms with van der Waals surface area (Å²) >= 11 is 2.98. The van der Waals surface area contributed by atoms with E-state index in [1.165, 1.54) is 6.07 Å². The number of hydrogen-bond donors (Lipinski definition) is 0. The van der Waals surface area contributed by atoms with E-state index in [9.17, 15) is 4.39 Å². The number of nitrogens with zero attached hydrogens (tertiary/aromatic N) is 1. The standard InChI is InChI=1S/C5H2BrFN/c6-4-2-1-3-5(7)8-4/h2-3H. The minimum absolute atomic E-state index is 0.470. The van der Waals surface area contributed by atoms with Crippen LogP contribution in [0.3, 0.4) is 0 Å². The second-order valence-electron chi connectivity index (χ2n) is 1.21. The molecule has 0 saturated heterocycles. The van der Waals surface area contributed by atoms with Crippen LogP contribution in [0.15, 0.2) is 16.7 Å². The summed E-state index contributed by atoms with van der Waals surface area (Å²) < 4.78 is 12.5. The summed E-state index contributed by atoms with van der Waals surface area (Å²) in [4.78, 5) is 3.39. The van der Waals surface area contributed by atoms with Gasteiger partial charge in [-0.3, -0.25) is 0 Å². The van der Waals surface area contributed by atoms with Crippen molar-refractivity contribution in [3.8, 4) is 0 Å². The molecule has 0 unspecified atom stereocenters. The fraction of sp³-hybridized carbons (Fsp3) is 0. The quantitative estimate of drug-likeness (QED) is 0.547. The molecule has 8 heavy (non-hydrogen) atoms. The third kappa shape index (κ3) is 1.26. The van der Waals surface area contributed by atoms with E-state index in [1.807, 2.05) is 0 Å². The van der Waals surface area contributed by atoms with Gasteiger partial charge in [-0.25, -0.2) is 4.98 Å². The number of pyridine rings is 1. The first-order chi connectivity index (χ1) is 3.79. The fourth-order valence-corrected chi connectivity index (χ4v) is 0.647. The van der Waals surface area contributed by atoms with Crippen molar-refractivity contribution in [1.29, 1.82) is 0 Å². The predicted molar refractivity (Wildman–Crippen MR) is 30.7 cm³/mol. The van der Waals surface area contributed by atoms with Crippen LogP contribution in [0.4, 0.5) is 4.39 Å². The summed E-state index contributed by atoms with van der Waals surface area (Å²) in [6, 6.07) is 5.26. The molecule has 0 amide bonds. The normalized spacial score (nSPS) is 9.25. The fourth-order valence-electron chi connectivity index (χ4n) is 0.346. The average Bonchev–Trinajstić information content (AvgIpc) is 1.64. The lowest BCUT2D eigenvalue weighted by Crippen LogP contribution is -1.79. The Balaban J connectivity index is 3.08. The Morgan fingerprint density at radius 1 is 1.62 bits per heavy atom. The molecule has 1 nitrogen and oxygen atoms in total. The molecule has 0 aliphatic rings. The van der Waals surface area contributed by atoms with E-state index < -0.39 is 5.95 Å². The lowest BCUT2D eigenvalue weighted by Gasteiger charge is -1.84. The zero-order valence-electron chi connectivity index (χ0n) is 3.86. The van der Waals surface area contributed by atoms with Crippen molar-refractivity contribution in [2.75, 3.05) is 0 Å². The van der Waals surface area contributed by atoms with Gasteiger partial charge in [0.2, 0.25) is 5.95 Å². The van der Waals surface area contributed by atoms with E-state index in [2.05, 4.69) is 27.0 Å². The van der Waals surface area contributed by atoms with Gasteiger partial charge in [0.05, 0.1) is 0 Å². The smallest absolute Gasteiger partial charge is 0.213 e. The average molecular weight is 175 g/mol. The molecule has 1 heterocycles. The van der Waals surface area contributed by atoms with Crippen molar-refractivity contribution in [1.82, 2.24) is 4.98 Å². The second-order valence-corrected chi connectivity index (χ2v) is 2.03. The van der Waals surface area contributed by atoms with Gasteiger partial charge < -0.3 is 0 Å². The van der Waals surface area contributed by atoms with Crippen LogP contribution in [0.1, 0.15) is 0 Å². The van der Waals surface area contributed by atoms with Gasteiger partial charge >= 0.3 is 0 Å². The molecule has 1 aromatic rings. The van der Waals surface area contributed by atoms with E-state index >= 15 is 0 Å². The molecule has 0 aliphatic carbocycles. The molecule has 0 N–H and O–H groups in total. The molecule has 0 bridgehead atoms. The van der Waals surface area contributed by atoms with Crippen molar-refractivity contribution >= 4 is 15.9 Å². The van der Waals surface area contributed by atoms with E-state index in [0.29, 0.717) is 4.60 Å². The number of rotatable bonds is 0. The maximum atomic E-state index is 12.0. The van der Waals surface area contributed by atoms with Crippen molar-refractivity contribution < 1.29 is 4.39 Å². The Kier molecular flexibility index (Phi) is 1.58. The molecule has 0 atom stereocenters. The van der Waals surface area contributed by atoms with Crippen LogP contribution in [0.2, 0.25) is 0 Å². The Hall–Kier alpha value is -0.440. The number of aromatic nitrogens is 1. The van der Waals surface area contributed by atoms with Gasteiger partial charge in [0.25, 0.3) is 0 Å². The maximum absolute atomic E-state index is 12.0. The lowest BCUT2D eigenvalue weighted by atomic mass is 10.5.